The third-order valence-corrected chi connectivity index (χ3v) is 5.44. The summed E-state index contributed by atoms with van der Waals surface area (Å²) in [6.45, 7) is 4.54. The first-order valence-electron chi connectivity index (χ1n) is 10.0. The number of phenols is 1. The Kier molecular flexibility index (Phi) is 8.04. The maximum absolute atomic E-state index is 10.4. The third kappa shape index (κ3) is 5.63. The lowest BCUT2D eigenvalue weighted by Gasteiger charge is -2.32. The smallest absolute Gasteiger partial charge is 0.119 e. The van der Waals surface area contributed by atoms with E-state index in [1.165, 1.54) is 56.9 Å². The predicted molar refractivity (Wildman–Crippen MR) is 108 cm³/mol. The van der Waals surface area contributed by atoms with E-state index in [1.54, 1.807) is 0 Å². The number of hydrogen-bond acceptors (Lipinski definition) is 1. The van der Waals surface area contributed by atoms with Gasteiger partial charge in [-0.05, 0) is 18.1 Å². The van der Waals surface area contributed by atoms with Crippen molar-refractivity contribution in [1.29, 1.82) is 0 Å². The van der Waals surface area contributed by atoms with Crippen LogP contribution in [0.15, 0.2) is 54.6 Å². The van der Waals surface area contributed by atoms with Gasteiger partial charge in [-0.3, -0.25) is 0 Å². The summed E-state index contributed by atoms with van der Waals surface area (Å²) in [6.07, 6.45) is 11.7. The van der Waals surface area contributed by atoms with Crippen molar-refractivity contribution in [3.05, 3.63) is 65.7 Å². The van der Waals surface area contributed by atoms with Crippen LogP contribution in [0.2, 0.25) is 0 Å². The Bertz CT molecular complexity index is 605. The molecule has 0 heterocycles. The van der Waals surface area contributed by atoms with Crippen molar-refractivity contribution >= 4 is 0 Å². The first-order valence-corrected chi connectivity index (χ1v) is 10.0. The molecule has 0 aliphatic carbocycles. The minimum absolute atomic E-state index is 0.130. The molecule has 1 heteroatoms. The SMILES string of the molecule is CCCCCCCCCCC(C)(c1ccccc1)c1ccccc1O. The van der Waals surface area contributed by atoms with Crippen LogP contribution in [0.3, 0.4) is 0 Å². The fourth-order valence-electron chi connectivity index (χ4n) is 3.79. The molecule has 0 bridgehead atoms. The van der Waals surface area contributed by atoms with Gasteiger partial charge in [0.25, 0.3) is 0 Å². The Hall–Kier alpha value is -1.76. The van der Waals surface area contributed by atoms with E-state index in [0.29, 0.717) is 5.75 Å². The van der Waals surface area contributed by atoms with Crippen LogP contribution in [0.1, 0.15) is 82.8 Å². The predicted octanol–water partition coefficient (Wildman–Crippen LogP) is 7.23. The Labute approximate surface area is 154 Å². The van der Waals surface area contributed by atoms with Crippen molar-refractivity contribution in [1.82, 2.24) is 0 Å². The molecule has 0 fully saturated rings. The highest BCUT2D eigenvalue weighted by Gasteiger charge is 2.30. The minimum atomic E-state index is -0.130. The molecule has 0 amide bonds. The molecule has 0 saturated heterocycles. The van der Waals surface area contributed by atoms with Gasteiger partial charge in [-0.15, -0.1) is 0 Å². The van der Waals surface area contributed by atoms with E-state index < -0.39 is 0 Å². The van der Waals surface area contributed by atoms with Gasteiger partial charge in [-0.2, -0.15) is 0 Å². The first-order chi connectivity index (χ1) is 12.2. The summed E-state index contributed by atoms with van der Waals surface area (Å²) in [7, 11) is 0. The molecule has 0 aliphatic rings. The van der Waals surface area contributed by atoms with Gasteiger partial charge in [-0.1, -0.05) is 114 Å². The van der Waals surface area contributed by atoms with Crippen LogP contribution in [0.4, 0.5) is 0 Å². The van der Waals surface area contributed by atoms with Crippen LogP contribution >= 0.6 is 0 Å². The number of aromatic hydroxyl groups is 1. The van der Waals surface area contributed by atoms with Crippen LogP contribution in [-0.2, 0) is 5.41 Å². The normalized spacial score (nSPS) is 13.5. The molecule has 1 atom stereocenters. The zero-order valence-corrected chi connectivity index (χ0v) is 16.0. The summed E-state index contributed by atoms with van der Waals surface area (Å²) >= 11 is 0. The lowest BCUT2D eigenvalue weighted by atomic mass is 9.72. The highest BCUT2D eigenvalue weighted by molar-refractivity contribution is 5.45. The van der Waals surface area contributed by atoms with E-state index in [0.717, 1.165) is 12.0 Å². The van der Waals surface area contributed by atoms with E-state index in [2.05, 4.69) is 50.2 Å². The standard InChI is InChI=1S/C24H34O/c1-3-4-5-6-7-8-9-15-20-24(2,21-16-11-10-12-17-21)22-18-13-14-19-23(22)25/h10-14,16-19,25H,3-9,15,20H2,1-2H3. The molecule has 0 saturated carbocycles. The fraction of sp³-hybridized carbons (Fsp3) is 0.500. The van der Waals surface area contributed by atoms with Gasteiger partial charge >= 0.3 is 0 Å². The number of para-hydroxylation sites is 1. The van der Waals surface area contributed by atoms with Crippen LogP contribution in [-0.4, -0.2) is 5.11 Å². The van der Waals surface area contributed by atoms with Gasteiger partial charge in [0.05, 0.1) is 0 Å². The van der Waals surface area contributed by atoms with Gasteiger partial charge in [-0.25, -0.2) is 0 Å². The van der Waals surface area contributed by atoms with Crippen LogP contribution < -0.4 is 0 Å². The molecule has 2 aromatic carbocycles. The molecule has 2 rings (SSSR count). The molecule has 0 aliphatic heterocycles. The van der Waals surface area contributed by atoms with Crippen LogP contribution in [0, 0.1) is 0 Å². The first kappa shape index (κ1) is 19.6. The summed E-state index contributed by atoms with van der Waals surface area (Å²) < 4.78 is 0. The molecular formula is C24H34O. The molecule has 0 spiro atoms. The Morgan fingerprint density at radius 1 is 0.720 bits per heavy atom. The van der Waals surface area contributed by atoms with Gasteiger partial charge < -0.3 is 5.11 Å². The highest BCUT2D eigenvalue weighted by atomic mass is 16.3. The molecule has 25 heavy (non-hydrogen) atoms. The largest absolute Gasteiger partial charge is 0.508 e. The maximum atomic E-state index is 10.4. The summed E-state index contributed by atoms with van der Waals surface area (Å²) in [5.41, 5.74) is 2.21. The van der Waals surface area contributed by atoms with E-state index >= 15 is 0 Å². The van der Waals surface area contributed by atoms with Crippen LogP contribution in [0.5, 0.6) is 5.75 Å². The lowest BCUT2D eigenvalue weighted by Crippen LogP contribution is -2.23. The van der Waals surface area contributed by atoms with Crippen molar-refractivity contribution < 1.29 is 5.11 Å². The number of hydrogen-bond donors (Lipinski definition) is 1. The van der Waals surface area contributed by atoms with Gasteiger partial charge in [0.1, 0.15) is 5.75 Å². The molecule has 2 aromatic rings. The summed E-state index contributed by atoms with van der Waals surface area (Å²) in [5.74, 6) is 0.411. The number of unbranched alkanes of at least 4 members (excludes halogenated alkanes) is 7. The van der Waals surface area contributed by atoms with Crippen molar-refractivity contribution in [3.8, 4) is 5.75 Å². The third-order valence-electron chi connectivity index (χ3n) is 5.44. The van der Waals surface area contributed by atoms with Crippen LogP contribution in [0.25, 0.3) is 0 Å². The summed E-state index contributed by atoms with van der Waals surface area (Å²) in [5, 5.41) is 10.4. The zero-order valence-electron chi connectivity index (χ0n) is 16.0. The molecule has 1 N–H and O–H groups in total. The van der Waals surface area contributed by atoms with Gasteiger partial charge in [0.15, 0.2) is 0 Å². The van der Waals surface area contributed by atoms with E-state index in [9.17, 15) is 5.11 Å². The molecule has 1 unspecified atom stereocenters. The Morgan fingerprint density at radius 2 is 1.28 bits per heavy atom. The Morgan fingerprint density at radius 3 is 1.92 bits per heavy atom. The lowest BCUT2D eigenvalue weighted by molar-refractivity contribution is 0.423. The second kappa shape index (κ2) is 10.3. The van der Waals surface area contributed by atoms with Crippen molar-refractivity contribution in [2.45, 2.75) is 77.0 Å². The topological polar surface area (TPSA) is 20.2 Å². The van der Waals surface area contributed by atoms with E-state index in [1.807, 2.05) is 18.2 Å². The summed E-state index contributed by atoms with van der Waals surface area (Å²) in [4.78, 5) is 0. The average Bonchev–Trinajstić information content (AvgIpc) is 2.65. The average molecular weight is 339 g/mol. The highest BCUT2D eigenvalue weighted by Crippen LogP contribution is 2.41. The number of rotatable bonds is 11. The summed E-state index contributed by atoms with van der Waals surface area (Å²) in [6, 6.07) is 18.5. The van der Waals surface area contributed by atoms with E-state index in [4.69, 9.17) is 0 Å². The van der Waals surface area contributed by atoms with Gasteiger partial charge in [0.2, 0.25) is 0 Å². The molecular weight excluding hydrogens is 304 g/mol. The zero-order chi connectivity index (χ0) is 18.0. The van der Waals surface area contributed by atoms with E-state index in [-0.39, 0.29) is 5.41 Å². The fourth-order valence-corrected chi connectivity index (χ4v) is 3.79. The number of phenolic OH excluding ortho intramolecular Hbond substituents is 1. The molecule has 1 nitrogen and oxygen atoms in total. The maximum Gasteiger partial charge on any atom is 0.119 e. The molecule has 0 radical (unpaired) electrons. The quantitative estimate of drug-likeness (QED) is 0.428. The van der Waals surface area contributed by atoms with Crippen molar-refractivity contribution in [2.24, 2.45) is 0 Å². The van der Waals surface area contributed by atoms with Crippen molar-refractivity contribution in [3.63, 3.8) is 0 Å². The Balaban J connectivity index is 1.99. The second-order valence-electron chi connectivity index (χ2n) is 7.44. The number of benzene rings is 2. The minimum Gasteiger partial charge on any atom is -0.508 e. The van der Waals surface area contributed by atoms with Crippen molar-refractivity contribution in [2.75, 3.05) is 0 Å². The molecule has 0 aromatic heterocycles. The molecule has 136 valence electrons. The monoisotopic (exact) mass is 338 g/mol. The van der Waals surface area contributed by atoms with Gasteiger partial charge in [0, 0.05) is 11.0 Å². The second-order valence-corrected chi connectivity index (χ2v) is 7.44.